The molecule has 0 aliphatic heterocycles. The molecule has 1 aromatic carbocycles. The summed E-state index contributed by atoms with van der Waals surface area (Å²) in [5.41, 5.74) is 0. The summed E-state index contributed by atoms with van der Waals surface area (Å²) in [5, 5.41) is -1.02. The number of benzene rings is 1. The Hall–Kier alpha value is -1.49. The predicted molar refractivity (Wildman–Crippen MR) is 52.1 cm³/mol. The number of hydrogen-bond acceptors (Lipinski definition) is 2. The summed E-state index contributed by atoms with van der Waals surface area (Å²) in [6, 6.07) is 7.67. The lowest BCUT2D eigenvalue weighted by Crippen LogP contribution is -2.11. The molecule has 6 heteroatoms. The predicted octanol–water partition coefficient (Wildman–Crippen LogP) is 3.28. The van der Waals surface area contributed by atoms with Gasteiger partial charge in [0.2, 0.25) is 0 Å². The molecular formula is C10H6ClF3O2. The van der Waals surface area contributed by atoms with Gasteiger partial charge in [-0.3, -0.25) is 0 Å². The highest BCUT2D eigenvalue weighted by Gasteiger charge is 2.26. The molecule has 0 amide bonds. The number of rotatable bonds is 2. The SMILES string of the molecule is O=C(Oc1ccccc1)C(Cl)=CC(F)(F)F. The number of carbonyl (C=O) groups excluding carboxylic acids is 1. The highest BCUT2D eigenvalue weighted by atomic mass is 35.5. The van der Waals surface area contributed by atoms with Crippen LogP contribution in [-0.4, -0.2) is 12.1 Å². The molecule has 1 aromatic rings. The Labute approximate surface area is 94.3 Å². The summed E-state index contributed by atoms with van der Waals surface area (Å²) in [5.74, 6) is -1.12. The first-order valence-electron chi connectivity index (χ1n) is 4.11. The molecule has 0 bridgehead atoms. The van der Waals surface area contributed by atoms with E-state index < -0.39 is 17.2 Å². The molecule has 0 spiro atoms. The summed E-state index contributed by atoms with van der Waals surface area (Å²) < 4.78 is 40.1. The first-order chi connectivity index (χ1) is 7.38. The van der Waals surface area contributed by atoms with E-state index in [0.29, 0.717) is 0 Å². The lowest BCUT2D eigenvalue weighted by molar-refractivity contribution is -0.130. The molecule has 0 heterocycles. The van der Waals surface area contributed by atoms with Crippen molar-refractivity contribution in [1.82, 2.24) is 0 Å². The van der Waals surface area contributed by atoms with Crippen LogP contribution in [0.5, 0.6) is 5.75 Å². The third-order valence-electron chi connectivity index (χ3n) is 1.44. The van der Waals surface area contributed by atoms with Gasteiger partial charge in [0.05, 0.1) is 0 Å². The molecule has 0 fully saturated rings. The molecular weight excluding hydrogens is 245 g/mol. The number of hydrogen-bond donors (Lipinski definition) is 0. The molecule has 0 aliphatic carbocycles. The van der Waals surface area contributed by atoms with Crippen LogP contribution in [0.1, 0.15) is 0 Å². The van der Waals surface area contributed by atoms with Crippen molar-refractivity contribution in [1.29, 1.82) is 0 Å². The number of ether oxygens (including phenoxy) is 1. The number of carbonyl (C=O) groups is 1. The van der Waals surface area contributed by atoms with E-state index in [0.717, 1.165) is 0 Å². The summed E-state index contributed by atoms with van der Waals surface area (Å²) in [7, 11) is 0. The monoisotopic (exact) mass is 250 g/mol. The zero-order chi connectivity index (χ0) is 12.2. The normalized spacial score (nSPS) is 12.4. The van der Waals surface area contributed by atoms with Gasteiger partial charge in [-0.25, -0.2) is 4.79 Å². The van der Waals surface area contributed by atoms with E-state index in [2.05, 4.69) is 4.74 Å². The molecule has 86 valence electrons. The van der Waals surface area contributed by atoms with Gasteiger partial charge in [0.1, 0.15) is 10.8 Å². The fourth-order valence-corrected chi connectivity index (χ4v) is 1.01. The summed E-state index contributed by atoms with van der Waals surface area (Å²) >= 11 is 5.13. The first-order valence-corrected chi connectivity index (χ1v) is 4.48. The number of halogens is 4. The van der Waals surface area contributed by atoms with Crippen LogP contribution in [0.15, 0.2) is 41.4 Å². The summed E-state index contributed by atoms with van der Waals surface area (Å²) in [6.45, 7) is 0. The topological polar surface area (TPSA) is 26.3 Å². The van der Waals surface area contributed by atoms with Gasteiger partial charge in [0.15, 0.2) is 0 Å². The van der Waals surface area contributed by atoms with Gasteiger partial charge in [0.25, 0.3) is 0 Å². The summed E-state index contributed by atoms with van der Waals surface area (Å²) in [4.78, 5) is 11.1. The van der Waals surface area contributed by atoms with Crippen molar-refractivity contribution in [3.05, 3.63) is 41.4 Å². The Morgan fingerprint density at radius 3 is 2.31 bits per heavy atom. The summed E-state index contributed by atoms with van der Waals surface area (Å²) in [6.07, 6.45) is -4.97. The van der Waals surface area contributed by atoms with Crippen LogP contribution in [0.25, 0.3) is 0 Å². The first kappa shape index (κ1) is 12.6. The van der Waals surface area contributed by atoms with Crippen molar-refractivity contribution in [2.45, 2.75) is 6.18 Å². The van der Waals surface area contributed by atoms with Crippen molar-refractivity contribution < 1.29 is 22.7 Å². The second-order valence-electron chi connectivity index (χ2n) is 2.74. The molecule has 0 saturated heterocycles. The van der Waals surface area contributed by atoms with Crippen LogP contribution in [-0.2, 0) is 4.79 Å². The van der Waals surface area contributed by atoms with Gasteiger partial charge < -0.3 is 4.74 Å². The van der Waals surface area contributed by atoms with E-state index in [-0.39, 0.29) is 11.8 Å². The van der Waals surface area contributed by atoms with E-state index in [1.54, 1.807) is 18.2 Å². The van der Waals surface area contributed by atoms with Crippen molar-refractivity contribution >= 4 is 17.6 Å². The number of para-hydroxylation sites is 1. The highest BCUT2D eigenvalue weighted by Crippen LogP contribution is 2.21. The van der Waals surface area contributed by atoms with E-state index in [4.69, 9.17) is 11.6 Å². The number of allylic oxidation sites excluding steroid dienone is 1. The average molecular weight is 251 g/mol. The minimum atomic E-state index is -4.65. The molecule has 0 N–H and O–H groups in total. The lowest BCUT2D eigenvalue weighted by atomic mass is 10.3. The highest BCUT2D eigenvalue weighted by molar-refractivity contribution is 6.41. The smallest absolute Gasteiger partial charge is 0.411 e. The maximum atomic E-state index is 11.8. The largest absolute Gasteiger partial charge is 0.422 e. The number of esters is 1. The molecule has 16 heavy (non-hydrogen) atoms. The van der Waals surface area contributed by atoms with Crippen molar-refractivity contribution in [2.75, 3.05) is 0 Å². The zero-order valence-electron chi connectivity index (χ0n) is 7.79. The van der Waals surface area contributed by atoms with E-state index in [1.807, 2.05) is 0 Å². The Balaban J connectivity index is 2.70. The Kier molecular flexibility index (Phi) is 3.95. The molecule has 0 atom stereocenters. The molecule has 0 unspecified atom stereocenters. The molecule has 0 aromatic heterocycles. The third-order valence-corrected chi connectivity index (χ3v) is 1.70. The lowest BCUT2D eigenvalue weighted by Gasteiger charge is -2.03. The maximum Gasteiger partial charge on any atom is 0.411 e. The zero-order valence-corrected chi connectivity index (χ0v) is 8.55. The molecule has 0 aliphatic rings. The fraction of sp³-hybridized carbons (Fsp3) is 0.100. The fourth-order valence-electron chi connectivity index (χ4n) is 0.847. The Bertz CT molecular complexity index is 398. The second kappa shape index (κ2) is 5.03. The minimum absolute atomic E-state index is 0.126. The average Bonchev–Trinajstić information content (AvgIpc) is 2.16. The Morgan fingerprint density at radius 2 is 1.81 bits per heavy atom. The van der Waals surface area contributed by atoms with Crippen molar-refractivity contribution in [3.8, 4) is 5.75 Å². The second-order valence-corrected chi connectivity index (χ2v) is 3.14. The van der Waals surface area contributed by atoms with E-state index >= 15 is 0 Å². The maximum absolute atomic E-state index is 11.8. The molecule has 0 radical (unpaired) electrons. The Morgan fingerprint density at radius 1 is 1.25 bits per heavy atom. The minimum Gasteiger partial charge on any atom is -0.422 e. The van der Waals surface area contributed by atoms with Crippen LogP contribution < -0.4 is 4.74 Å². The van der Waals surface area contributed by atoms with Gasteiger partial charge in [-0.1, -0.05) is 29.8 Å². The molecule has 1 rings (SSSR count). The quantitative estimate of drug-likeness (QED) is 0.457. The third kappa shape index (κ3) is 4.35. The van der Waals surface area contributed by atoms with Crippen LogP contribution in [0.2, 0.25) is 0 Å². The van der Waals surface area contributed by atoms with Gasteiger partial charge >= 0.3 is 12.1 Å². The van der Waals surface area contributed by atoms with E-state index in [1.165, 1.54) is 12.1 Å². The van der Waals surface area contributed by atoms with Gasteiger partial charge in [-0.15, -0.1) is 0 Å². The molecule has 2 nitrogen and oxygen atoms in total. The van der Waals surface area contributed by atoms with Gasteiger partial charge in [0, 0.05) is 6.08 Å². The molecule has 0 saturated carbocycles. The van der Waals surface area contributed by atoms with Crippen LogP contribution in [0, 0.1) is 0 Å². The number of alkyl halides is 3. The van der Waals surface area contributed by atoms with Crippen LogP contribution in [0.4, 0.5) is 13.2 Å². The van der Waals surface area contributed by atoms with Gasteiger partial charge in [-0.2, -0.15) is 13.2 Å². The standard InChI is InChI=1S/C10H6ClF3O2/c11-8(6-10(12,13)14)9(15)16-7-4-2-1-3-5-7/h1-6H. The van der Waals surface area contributed by atoms with Crippen molar-refractivity contribution in [3.63, 3.8) is 0 Å². The van der Waals surface area contributed by atoms with Crippen LogP contribution in [0.3, 0.4) is 0 Å². The van der Waals surface area contributed by atoms with Crippen LogP contribution >= 0.6 is 11.6 Å². The van der Waals surface area contributed by atoms with E-state index in [9.17, 15) is 18.0 Å². The van der Waals surface area contributed by atoms with Gasteiger partial charge in [-0.05, 0) is 12.1 Å². The van der Waals surface area contributed by atoms with Crippen molar-refractivity contribution in [2.24, 2.45) is 0 Å².